The molecule has 3 heterocycles. The van der Waals surface area contributed by atoms with Crippen molar-refractivity contribution in [2.45, 2.75) is 25.3 Å². The zero-order valence-corrected chi connectivity index (χ0v) is 16.6. The van der Waals surface area contributed by atoms with Crippen LogP contribution >= 0.6 is 0 Å². The molecule has 2 fully saturated rings. The van der Waals surface area contributed by atoms with E-state index in [1.807, 2.05) is 0 Å². The molecule has 4 nitrogen and oxygen atoms in total. The minimum atomic E-state index is 0.283. The number of aromatic nitrogens is 1. The van der Waals surface area contributed by atoms with Crippen LogP contribution in [0.2, 0.25) is 0 Å². The number of fused-ring (bicyclic) bond motifs is 1. The first-order valence-corrected chi connectivity index (χ1v) is 10.1. The zero-order chi connectivity index (χ0) is 18.7. The normalized spacial score (nSPS) is 26.2. The lowest BCUT2D eigenvalue weighted by atomic mass is 9.68. The van der Waals surface area contributed by atoms with Crippen molar-refractivity contribution >= 4 is 0 Å². The van der Waals surface area contributed by atoms with Crippen molar-refractivity contribution < 1.29 is 4.74 Å². The number of nitrogens with zero attached hydrogens (tertiary/aromatic N) is 3. The van der Waals surface area contributed by atoms with Crippen LogP contribution in [0.25, 0.3) is 0 Å². The maximum atomic E-state index is 5.35. The van der Waals surface area contributed by atoms with Crippen LogP contribution in [0.5, 0.6) is 0 Å². The van der Waals surface area contributed by atoms with Gasteiger partial charge in [-0.3, -0.25) is 14.8 Å². The molecule has 0 amide bonds. The van der Waals surface area contributed by atoms with Crippen LogP contribution in [-0.4, -0.2) is 61.2 Å². The number of likely N-dealkylation sites (tertiary alicyclic amines) is 2. The average Bonchev–Trinajstić information content (AvgIpc) is 3.06. The molecule has 0 aliphatic carbocycles. The minimum Gasteiger partial charge on any atom is -0.383 e. The Balaban J connectivity index is 1.52. The van der Waals surface area contributed by atoms with E-state index >= 15 is 0 Å². The molecule has 2 aromatic rings. The number of hydrogen-bond acceptors (Lipinski definition) is 4. The van der Waals surface area contributed by atoms with E-state index in [1.54, 1.807) is 7.11 Å². The summed E-state index contributed by atoms with van der Waals surface area (Å²) in [6, 6.07) is 17.6. The molecule has 4 heteroatoms. The van der Waals surface area contributed by atoms with Crippen molar-refractivity contribution in [3.63, 3.8) is 0 Å². The fraction of sp³-hybridized carbons (Fsp3) is 0.522. The second kappa shape index (κ2) is 8.09. The first-order valence-electron chi connectivity index (χ1n) is 10.1. The summed E-state index contributed by atoms with van der Waals surface area (Å²) in [5.74, 6) is 0.662. The summed E-state index contributed by atoms with van der Waals surface area (Å²) in [7, 11) is 1.80. The number of rotatable bonds is 6. The number of benzene rings is 1. The van der Waals surface area contributed by atoms with Crippen LogP contribution in [0.3, 0.4) is 0 Å². The first-order chi connectivity index (χ1) is 13.2. The molecule has 0 N–H and O–H groups in total. The molecule has 0 bridgehead atoms. The van der Waals surface area contributed by atoms with Crippen LogP contribution < -0.4 is 0 Å². The van der Waals surface area contributed by atoms with E-state index in [0.29, 0.717) is 5.92 Å². The Morgan fingerprint density at radius 2 is 1.89 bits per heavy atom. The molecule has 2 aliphatic heterocycles. The molecule has 0 spiro atoms. The summed E-state index contributed by atoms with van der Waals surface area (Å²) >= 11 is 0. The van der Waals surface area contributed by atoms with Gasteiger partial charge < -0.3 is 4.74 Å². The lowest BCUT2D eigenvalue weighted by Crippen LogP contribution is -2.49. The molecule has 2 atom stereocenters. The Morgan fingerprint density at radius 1 is 1.07 bits per heavy atom. The van der Waals surface area contributed by atoms with Gasteiger partial charge in [-0.25, -0.2) is 0 Å². The number of aryl methyl sites for hydroxylation is 1. The molecule has 2 aliphatic rings. The molecule has 0 unspecified atom stereocenters. The minimum absolute atomic E-state index is 0.283. The van der Waals surface area contributed by atoms with Crippen molar-refractivity contribution in [3.8, 4) is 0 Å². The van der Waals surface area contributed by atoms with E-state index < -0.39 is 0 Å². The summed E-state index contributed by atoms with van der Waals surface area (Å²) in [6.07, 6.45) is 1.22. The van der Waals surface area contributed by atoms with Crippen LogP contribution in [0.4, 0.5) is 0 Å². The van der Waals surface area contributed by atoms with Gasteiger partial charge in [0.15, 0.2) is 0 Å². The van der Waals surface area contributed by atoms with Crippen LogP contribution in [0.1, 0.15) is 23.4 Å². The lowest BCUT2D eigenvalue weighted by molar-refractivity contribution is 0.116. The highest BCUT2D eigenvalue weighted by Gasteiger charge is 2.50. The third-order valence-corrected chi connectivity index (χ3v) is 6.41. The molecule has 144 valence electrons. The van der Waals surface area contributed by atoms with Gasteiger partial charge in [-0.2, -0.15) is 0 Å². The third kappa shape index (κ3) is 3.93. The number of pyridine rings is 1. The molecule has 2 saturated heterocycles. The average molecular weight is 366 g/mol. The smallest absolute Gasteiger partial charge is 0.0589 e. The van der Waals surface area contributed by atoms with E-state index in [0.717, 1.165) is 51.6 Å². The SMILES string of the molecule is COCCN1C[C@@H]2CN(Cc3cccc(C)n3)CC[C@@]2(c2ccccc2)C1. The Bertz CT molecular complexity index is 750. The van der Waals surface area contributed by atoms with Gasteiger partial charge in [0.1, 0.15) is 0 Å². The van der Waals surface area contributed by atoms with E-state index in [-0.39, 0.29) is 5.41 Å². The predicted octanol–water partition coefficient (Wildman–Crippen LogP) is 3.11. The monoisotopic (exact) mass is 365 g/mol. The van der Waals surface area contributed by atoms with Crippen molar-refractivity contribution in [2.24, 2.45) is 5.92 Å². The quantitative estimate of drug-likeness (QED) is 0.786. The molecule has 27 heavy (non-hydrogen) atoms. The van der Waals surface area contributed by atoms with Crippen LogP contribution in [0.15, 0.2) is 48.5 Å². The van der Waals surface area contributed by atoms with Gasteiger partial charge in [0.2, 0.25) is 0 Å². The second-order valence-corrected chi connectivity index (χ2v) is 8.20. The van der Waals surface area contributed by atoms with Gasteiger partial charge in [-0.15, -0.1) is 0 Å². The fourth-order valence-electron chi connectivity index (χ4n) is 5.05. The van der Waals surface area contributed by atoms with E-state index in [9.17, 15) is 0 Å². The zero-order valence-electron chi connectivity index (χ0n) is 16.6. The number of ether oxygens (including phenoxy) is 1. The Kier molecular flexibility index (Phi) is 5.58. The van der Waals surface area contributed by atoms with Crippen molar-refractivity contribution in [3.05, 3.63) is 65.5 Å². The maximum Gasteiger partial charge on any atom is 0.0589 e. The third-order valence-electron chi connectivity index (χ3n) is 6.41. The predicted molar refractivity (Wildman–Crippen MR) is 109 cm³/mol. The molecule has 1 aromatic carbocycles. The highest BCUT2D eigenvalue weighted by atomic mass is 16.5. The van der Waals surface area contributed by atoms with Crippen LogP contribution in [-0.2, 0) is 16.7 Å². The largest absolute Gasteiger partial charge is 0.383 e. The number of piperidine rings is 1. The van der Waals surface area contributed by atoms with Crippen molar-refractivity contribution in [1.82, 2.24) is 14.8 Å². The van der Waals surface area contributed by atoms with Gasteiger partial charge in [-0.05, 0) is 43.5 Å². The molecular weight excluding hydrogens is 334 g/mol. The first kappa shape index (κ1) is 18.6. The van der Waals surface area contributed by atoms with Gasteiger partial charge in [0.25, 0.3) is 0 Å². The summed E-state index contributed by atoms with van der Waals surface area (Å²) in [4.78, 5) is 9.93. The number of methoxy groups -OCH3 is 1. The maximum absolute atomic E-state index is 5.35. The highest BCUT2D eigenvalue weighted by molar-refractivity contribution is 5.30. The highest BCUT2D eigenvalue weighted by Crippen LogP contribution is 2.45. The second-order valence-electron chi connectivity index (χ2n) is 8.20. The van der Waals surface area contributed by atoms with Gasteiger partial charge >= 0.3 is 0 Å². The standard InChI is InChI=1S/C23H31N3O/c1-19-7-6-10-22(24-19)17-25-12-11-23(20-8-4-3-5-9-20)18-26(13-14-27-2)16-21(23)15-25/h3-10,21H,11-18H2,1-2H3/t21-,23-/m0/s1. The van der Waals surface area contributed by atoms with E-state index in [4.69, 9.17) is 9.72 Å². The Morgan fingerprint density at radius 3 is 2.67 bits per heavy atom. The Labute approximate surface area is 163 Å². The van der Waals surface area contributed by atoms with Gasteiger partial charge in [-0.1, -0.05) is 36.4 Å². The van der Waals surface area contributed by atoms with Crippen LogP contribution in [0, 0.1) is 12.8 Å². The molecule has 0 saturated carbocycles. The molecule has 1 aromatic heterocycles. The van der Waals surface area contributed by atoms with Crippen molar-refractivity contribution in [2.75, 3.05) is 46.4 Å². The topological polar surface area (TPSA) is 28.6 Å². The fourth-order valence-corrected chi connectivity index (χ4v) is 5.05. The van der Waals surface area contributed by atoms with E-state index in [2.05, 4.69) is 65.3 Å². The Hall–Kier alpha value is -1.75. The molecule has 4 rings (SSSR count). The summed E-state index contributed by atoms with van der Waals surface area (Å²) in [5.41, 5.74) is 4.10. The lowest BCUT2D eigenvalue weighted by Gasteiger charge is -2.44. The molecular formula is C23H31N3O. The summed E-state index contributed by atoms with van der Waals surface area (Å²) < 4.78 is 5.35. The summed E-state index contributed by atoms with van der Waals surface area (Å²) in [5, 5.41) is 0. The summed E-state index contributed by atoms with van der Waals surface area (Å²) in [6.45, 7) is 9.48. The van der Waals surface area contributed by atoms with Crippen molar-refractivity contribution in [1.29, 1.82) is 0 Å². The van der Waals surface area contributed by atoms with E-state index in [1.165, 1.54) is 17.7 Å². The number of hydrogen-bond donors (Lipinski definition) is 0. The molecule has 0 radical (unpaired) electrons. The van der Waals surface area contributed by atoms with Gasteiger partial charge in [0, 0.05) is 50.9 Å². The van der Waals surface area contributed by atoms with Gasteiger partial charge in [0.05, 0.1) is 12.3 Å².